The Morgan fingerprint density at radius 3 is 2.86 bits per heavy atom. The van der Waals surface area contributed by atoms with Gasteiger partial charge in [-0.3, -0.25) is 9.69 Å². The first-order valence-electron chi connectivity index (χ1n) is 7.50. The minimum atomic E-state index is 0.107. The van der Waals surface area contributed by atoms with Crippen molar-refractivity contribution in [1.29, 1.82) is 0 Å². The van der Waals surface area contributed by atoms with Crippen LogP contribution in [0.1, 0.15) is 24.1 Å². The molecule has 1 amide bonds. The Hall–Kier alpha value is -1.17. The molecule has 0 atom stereocenters. The number of hydrogen-bond donors (Lipinski definition) is 1. The maximum absolute atomic E-state index is 12.5. The summed E-state index contributed by atoms with van der Waals surface area (Å²) < 4.78 is 0. The van der Waals surface area contributed by atoms with Crippen molar-refractivity contribution in [3.05, 3.63) is 35.0 Å². The Morgan fingerprint density at radius 1 is 1.52 bits per heavy atom. The van der Waals surface area contributed by atoms with Gasteiger partial charge in [-0.25, -0.2) is 0 Å². The van der Waals surface area contributed by atoms with Crippen LogP contribution in [0.2, 0.25) is 0 Å². The van der Waals surface area contributed by atoms with E-state index in [1.165, 1.54) is 11.3 Å². The Bertz CT molecular complexity index is 443. The second-order valence-corrected chi connectivity index (χ2v) is 6.45. The van der Waals surface area contributed by atoms with Gasteiger partial charge in [-0.15, -0.1) is 17.9 Å². The highest BCUT2D eigenvalue weighted by Crippen LogP contribution is 2.24. The molecule has 0 spiro atoms. The summed E-state index contributed by atoms with van der Waals surface area (Å²) in [6, 6.07) is 4.52. The molecule has 0 aromatic carbocycles. The number of nitrogens with zero attached hydrogens (tertiary/aromatic N) is 2. The maximum atomic E-state index is 12.5. The van der Waals surface area contributed by atoms with E-state index in [2.05, 4.69) is 11.5 Å². The van der Waals surface area contributed by atoms with Crippen LogP contribution in [0.3, 0.4) is 0 Å². The first-order valence-corrected chi connectivity index (χ1v) is 8.38. The summed E-state index contributed by atoms with van der Waals surface area (Å²) in [7, 11) is 0. The van der Waals surface area contributed by atoms with Crippen LogP contribution in [0.4, 0.5) is 0 Å². The highest BCUT2D eigenvalue weighted by atomic mass is 32.1. The van der Waals surface area contributed by atoms with Crippen LogP contribution in [0.15, 0.2) is 30.2 Å². The molecule has 1 saturated carbocycles. The van der Waals surface area contributed by atoms with E-state index in [4.69, 9.17) is 0 Å². The predicted octanol–water partition coefficient (Wildman–Crippen LogP) is 2.11. The number of carbonyl (C=O) groups excluding carboxylic acids is 1. The van der Waals surface area contributed by atoms with E-state index in [1.807, 2.05) is 22.4 Å². The fraction of sp³-hybridized carbons (Fsp3) is 0.562. The molecule has 0 saturated heterocycles. The van der Waals surface area contributed by atoms with Gasteiger partial charge in [0.1, 0.15) is 0 Å². The van der Waals surface area contributed by atoms with E-state index < -0.39 is 0 Å². The largest absolute Gasteiger partial charge is 0.395 e. The van der Waals surface area contributed by atoms with E-state index in [-0.39, 0.29) is 12.5 Å². The fourth-order valence-corrected chi connectivity index (χ4v) is 3.27. The molecule has 0 aliphatic heterocycles. The van der Waals surface area contributed by atoms with Crippen molar-refractivity contribution in [1.82, 2.24) is 9.80 Å². The molecule has 116 valence electrons. The number of amides is 1. The molecular formula is C16H24N2O2S. The minimum Gasteiger partial charge on any atom is -0.395 e. The van der Waals surface area contributed by atoms with Crippen molar-refractivity contribution < 1.29 is 9.90 Å². The van der Waals surface area contributed by atoms with Crippen LogP contribution in [-0.2, 0) is 11.3 Å². The van der Waals surface area contributed by atoms with Gasteiger partial charge >= 0.3 is 0 Å². The summed E-state index contributed by atoms with van der Waals surface area (Å²) in [5.74, 6) is 0.114. The van der Waals surface area contributed by atoms with Crippen molar-refractivity contribution in [2.45, 2.75) is 31.8 Å². The van der Waals surface area contributed by atoms with Gasteiger partial charge in [0.25, 0.3) is 0 Å². The average Bonchev–Trinajstić information content (AvgIpc) is 2.89. The van der Waals surface area contributed by atoms with E-state index in [9.17, 15) is 9.90 Å². The quantitative estimate of drug-likeness (QED) is 0.711. The molecule has 1 aliphatic carbocycles. The molecule has 1 fully saturated rings. The zero-order chi connectivity index (χ0) is 15.1. The molecule has 1 aromatic rings. The lowest BCUT2D eigenvalue weighted by atomic mass is 9.91. The molecule has 1 N–H and O–H groups in total. The van der Waals surface area contributed by atoms with Gasteiger partial charge in [-0.1, -0.05) is 18.6 Å². The van der Waals surface area contributed by atoms with Crippen molar-refractivity contribution in [2.75, 3.05) is 26.2 Å². The lowest BCUT2D eigenvalue weighted by Crippen LogP contribution is -2.48. The number of thiophene rings is 1. The minimum absolute atomic E-state index is 0.107. The average molecular weight is 308 g/mol. The number of carbonyl (C=O) groups is 1. The predicted molar refractivity (Wildman–Crippen MR) is 86.2 cm³/mol. The first-order chi connectivity index (χ1) is 10.2. The molecule has 0 unspecified atom stereocenters. The number of aliphatic hydroxyl groups is 1. The molecule has 4 nitrogen and oxygen atoms in total. The van der Waals surface area contributed by atoms with Crippen LogP contribution in [0.5, 0.6) is 0 Å². The van der Waals surface area contributed by atoms with E-state index in [0.717, 1.165) is 12.8 Å². The Kier molecular flexibility index (Phi) is 6.42. The van der Waals surface area contributed by atoms with Crippen LogP contribution >= 0.6 is 11.3 Å². The number of aliphatic hydroxyl groups excluding tert-OH is 1. The molecule has 1 aromatic heterocycles. The van der Waals surface area contributed by atoms with Crippen molar-refractivity contribution in [3.8, 4) is 0 Å². The summed E-state index contributed by atoms with van der Waals surface area (Å²) in [4.78, 5) is 17.7. The fourth-order valence-electron chi connectivity index (χ4n) is 2.55. The van der Waals surface area contributed by atoms with E-state index >= 15 is 0 Å². The summed E-state index contributed by atoms with van der Waals surface area (Å²) in [6.07, 6.45) is 5.27. The van der Waals surface area contributed by atoms with Crippen LogP contribution in [0, 0.1) is 0 Å². The normalized spacial score (nSPS) is 15.0. The molecule has 0 bridgehead atoms. The van der Waals surface area contributed by atoms with Crippen molar-refractivity contribution >= 4 is 17.2 Å². The standard InChI is InChI=1S/C16H24N2O2S/c1-2-8-18(12-15-7-4-11-21-15)16(20)13-17(9-10-19)14-5-3-6-14/h2,4,7,11,14,19H,1,3,5-6,8-10,12-13H2. The Morgan fingerprint density at radius 2 is 2.33 bits per heavy atom. The summed E-state index contributed by atoms with van der Waals surface area (Å²) in [6.45, 7) is 6.03. The van der Waals surface area contributed by atoms with Gasteiger partial charge in [-0.2, -0.15) is 0 Å². The van der Waals surface area contributed by atoms with Gasteiger partial charge in [0.2, 0.25) is 5.91 Å². The van der Waals surface area contributed by atoms with Gasteiger partial charge < -0.3 is 10.0 Å². The number of hydrogen-bond acceptors (Lipinski definition) is 4. The molecule has 0 radical (unpaired) electrons. The zero-order valence-electron chi connectivity index (χ0n) is 12.4. The molecule has 21 heavy (non-hydrogen) atoms. The van der Waals surface area contributed by atoms with Crippen LogP contribution in [-0.4, -0.2) is 53.1 Å². The third-order valence-electron chi connectivity index (χ3n) is 3.95. The first kappa shape index (κ1) is 16.2. The van der Waals surface area contributed by atoms with Gasteiger partial charge in [-0.05, 0) is 24.3 Å². The molecule has 1 heterocycles. The molecular weight excluding hydrogens is 284 g/mol. The molecule has 1 aliphatic rings. The summed E-state index contributed by atoms with van der Waals surface area (Å²) in [5, 5.41) is 11.2. The second-order valence-electron chi connectivity index (χ2n) is 5.42. The van der Waals surface area contributed by atoms with Gasteiger partial charge in [0.15, 0.2) is 0 Å². The lowest BCUT2D eigenvalue weighted by molar-refractivity contribution is -0.133. The summed E-state index contributed by atoms with van der Waals surface area (Å²) in [5.41, 5.74) is 0. The topological polar surface area (TPSA) is 43.8 Å². The monoisotopic (exact) mass is 308 g/mol. The van der Waals surface area contributed by atoms with E-state index in [0.29, 0.717) is 32.2 Å². The molecule has 5 heteroatoms. The Balaban J connectivity index is 1.94. The maximum Gasteiger partial charge on any atom is 0.237 e. The highest BCUT2D eigenvalue weighted by molar-refractivity contribution is 7.09. The van der Waals surface area contributed by atoms with Crippen molar-refractivity contribution in [2.24, 2.45) is 0 Å². The van der Waals surface area contributed by atoms with Gasteiger partial charge in [0.05, 0.1) is 19.7 Å². The van der Waals surface area contributed by atoms with Crippen LogP contribution < -0.4 is 0 Å². The zero-order valence-corrected chi connectivity index (χ0v) is 13.2. The molecule has 2 rings (SSSR count). The third kappa shape index (κ3) is 4.66. The Labute approximate surface area is 130 Å². The SMILES string of the molecule is C=CCN(Cc1cccs1)C(=O)CN(CCO)C1CCC1. The van der Waals surface area contributed by atoms with Crippen molar-refractivity contribution in [3.63, 3.8) is 0 Å². The van der Waals surface area contributed by atoms with Crippen LogP contribution in [0.25, 0.3) is 0 Å². The number of rotatable bonds is 9. The highest BCUT2D eigenvalue weighted by Gasteiger charge is 2.27. The smallest absolute Gasteiger partial charge is 0.237 e. The summed E-state index contributed by atoms with van der Waals surface area (Å²) >= 11 is 1.66. The van der Waals surface area contributed by atoms with E-state index in [1.54, 1.807) is 17.4 Å². The second kappa shape index (κ2) is 8.32. The third-order valence-corrected chi connectivity index (χ3v) is 4.81. The lowest BCUT2D eigenvalue weighted by Gasteiger charge is -2.37. The van der Waals surface area contributed by atoms with Gasteiger partial charge in [0, 0.05) is 24.0 Å².